The first-order valence-corrected chi connectivity index (χ1v) is 7.10. The van der Waals surface area contributed by atoms with Crippen LogP contribution in [-0.4, -0.2) is 21.2 Å². The molecule has 0 aliphatic heterocycles. The lowest BCUT2D eigenvalue weighted by Crippen LogP contribution is -2.24. The van der Waals surface area contributed by atoms with Crippen molar-refractivity contribution in [1.29, 1.82) is 0 Å². The molecular formula is C16H12N4O3. The van der Waals surface area contributed by atoms with Crippen LogP contribution in [0.25, 0.3) is 22.1 Å². The van der Waals surface area contributed by atoms with Gasteiger partial charge in [0.15, 0.2) is 5.58 Å². The van der Waals surface area contributed by atoms with E-state index in [0.717, 1.165) is 11.1 Å². The third-order valence-corrected chi connectivity index (χ3v) is 3.46. The van der Waals surface area contributed by atoms with Gasteiger partial charge in [0.25, 0.3) is 0 Å². The Morgan fingerprint density at radius 1 is 1.04 bits per heavy atom. The van der Waals surface area contributed by atoms with Crippen LogP contribution >= 0.6 is 0 Å². The van der Waals surface area contributed by atoms with Crippen molar-refractivity contribution in [1.82, 2.24) is 20.6 Å². The van der Waals surface area contributed by atoms with E-state index in [1.54, 1.807) is 6.07 Å². The first kappa shape index (κ1) is 13.4. The minimum Gasteiger partial charge on any atom is -0.440 e. The maximum absolute atomic E-state index is 12.0. The summed E-state index contributed by atoms with van der Waals surface area (Å²) in [6.45, 7) is 0.391. The molecule has 7 heteroatoms. The summed E-state index contributed by atoms with van der Waals surface area (Å²) in [6, 6.07) is 12.9. The number of rotatable bonds is 4. The molecule has 1 N–H and O–H groups in total. The molecule has 0 unspecified atom stereocenters. The number of aromatic nitrogens is 3. The number of hydrogen-bond donors (Lipinski definition) is 1. The molecule has 0 bridgehead atoms. The Morgan fingerprint density at radius 2 is 1.91 bits per heavy atom. The van der Waals surface area contributed by atoms with Crippen LogP contribution < -0.4 is 5.32 Å². The molecule has 0 aliphatic rings. The van der Waals surface area contributed by atoms with Crippen LogP contribution in [0.4, 0.5) is 0 Å². The summed E-state index contributed by atoms with van der Waals surface area (Å²) in [7, 11) is 0. The van der Waals surface area contributed by atoms with Gasteiger partial charge in [0, 0.05) is 6.54 Å². The Morgan fingerprint density at radius 3 is 2.83 bits per heavy atom. The number of nitrogens with one attached hydrogen (secondary N) is 1. The fraction of sp³-hybridized carbons (Fsp3) is 0.125. The van der Waals surface area contributed by atoms with Gasteiger partial charge in [-0.15, -0.1) is 0 Å². The second-order valence-electron chi connectivity index (χ2n) is 5.12. The van der Waals surface area contributed by atoms with Gasteiger partial charge >= 0.3 is 0 Å². The van der Waals surface area contributed by atoms with Crippen LogP contribution in [-0.2, 0) is 17.8 Å². The van der Waals surface area contributed by atoms with Gasteiger partial charge in [-0.25, -0.2) is 9.61 Å². The molecular weight excluding hydrogens is 296 g/mol. The molecule has 0 aliphatic carbocycles. The summed E-state index contributed by atoms with van der Waals surface area (Å²) >= 11 is 0. The molecule has 4 rings (SSSR count). The largest absolute Gasteiger partial charge is 0.440 e. The van der Waals surface area contributed by atoms with Crippen LogP contribution in [0, 0.1) is 0 Å². The summed E-state index contributed by atoms with van der Waals surface area (Å²) in [5.41, 5.74) is 3.69. The Hall–Kier alpha value is -3.22. The Bertz CT molecular complexity index is 956. The van der Waals surface area contributed by atoms with Gasteiger partial charge in [-0.2, -0.15) is 0 Å². The zero-order valence-electron chi connectivity index (χ0n) is 12.0. The van der Waals surface area contributed by atoms with Gasteiger partial charge < -0.3 is 9.73 Å². The maximum atomic E-state index is 12.0. The summed E-state index contributed by atoms with van der Waals surface area (Å²) in [6.07, 6.45) is 0.0996. The number of para-hydroxylation sites is 2. The van der Waals surface area contributed by atoms with E-state index in [1.807, 2.05) is 36.4 Å². The van der Waals surface area contributed by atoms with Crippen molar-refractivity contribution in [3.8, 4) is 0 Å². The van der Waals surface area contributed by atoms with Gasteiger partial charge in [-0.1, -0.05) is 18.2 Å². The van der Waals surface area contributed by atoms with Crippen LogP contribution in [0.2, 0.25) is 0 Å². The predicted octanol–water partition coefficient (Wildman–Crippen LogP) is 2.22. The summed E-state index contributed by atoms with van der Waals surface area (Å²) in [5.74, 6) is 0.245. The minimum absolute atomic E-state index is 0.0996. The molecule has 1 amide bonds. The van der Waals surface area contributed by atoms with Crippen molar-refractivity contribution in [2.24, 2.45) is 0 Å². The third-order valence-electron chi connectivity index (χ3n) is 3.46. The summed E-state index contributed by atoms with van der Waals surface area (Å²) in [5, 5.41) is 10.3. The highest BCUT2D eigenvalue weighted by Gasteiger charge is 2.10. The van der Waals surface area contributed by atoms with Crippen molar-refractivity contribution in [3.63, 3.8) is 0 Å². The van der Waals surface area contributed by atoms with Gasteiger partial charge in [0.1, 0.15) is 23.0 Å². The van der Waals surface area contributed by atoms with Gasteiger partial charge in [-0.3, -0.25) is 4.79 Å². The molecule has 0 saturated carbocycles. The average Bonchev–Trinajstić information content (AvgIpc) is 3.18. The molecule has 0 atom stereocenters. The zero-order valence-corrected chi connectivity index (χ0v) is 12.0. The highest BCUT2D eigenvalue weighted by Crippen LogP contribution is 2.15. The Balaban J connectivity index is 1.41. The predicted molar refractivity (Wildman–Crippen MR) is 81.4 cm³/mol. The van der Waals surface area contributed by atoms with Crippen molar-refractivity contribution >= 4 is 28.0 Å². The zero-order chi connectivity index (χ0) is 15.6. The van der Waals surface area contributed by atoms with E-state index in [1.165, 1.54) is 0 Å². The first-order valence-electron chi connectivity index (χ1n) is 7.10. The second-order valence-corrected chi connectivity index (χ2v) is 5.12. The normalized spacial score (nSPS) is 11.1. The molecule has 0 radical (unpaired) electrons. The van der Waals surface area contributed by atoms with Gasteiger partial charge in [0.2, 0.25) is 11.8 Å². The smallest absolute Gasteiger partial charge is 0.229 e. The quantitative estimate of drug-likeness (QED) is 0.621. The molecule has 7 nitrogen and oxygen atoms in total. The SMILES string of the molecule is O=C(Cc1nc2ccccc2o1)NCc1ccc2nonc2c1. The second kappa shape index (κ2) is 5.53. The number of fused-ring (bicyclic) bond motifs is 2. The molecule has 114 valence electrons. The number of carbonyl (C=O) groups excluding carboxylic acids is 1. The standard InChI is InChI=1S/C16H12N4O3/c21-15(8-16-18-12-3-1-2-4-14(12)22-16)17-9-10-5-6-11-13(7-10)20-23-19-11/h1-7H,8-9H2,(H,17,21). The van der Waals surface area contributed by atoms with E-state index >= 15 is 0 Å². The van der Waals surface area contributed by atoms with E-state index in [-0.39, 0.29) is 12.3 Å². The van der Waals surface area contributed by atoms with Crippen LogP contribution in [0.5, 0.6) is 0 Å². The average molecular weight is 308 g/mol. The number of amides is 1. The molecule has 0 fully saturated rings. The Kier molecular flexibility index (Phi) is 3.23. The van der Waals surface area contributed by atoms with Crippen molar-refractivity contribution in [3.05, 3.63) is 53.9 Å². The number of oxazole rings is 1. The maximum Gasteiger partial charge on any atom is 0.229 e. The molecule has 2 heterocycles. The minimum atomic E-state index is -0.157. The topological polar surface area (TPSA) is 94.1 Å². The van der Waals surface area contributed by atoms with E-state index in [0.29, 0.717) is 29.1 Å². The lowest BCUT2D eigenvalue weighted by Gasteiger charge is -2.03. The monoisotopic (exact) mass is 308 g/mol. The Labute approximate surface area is 130 Å². The number of carbonyl (C=O) groups is 1. The number of benzene rings is 2. The molecule has 4 aromatic rings. The van der Waals surface area contributed by atoms with E-state index in [2.05, 4.69) is 25.2 Å². The summed E-state index contributed by atoms with van der Waals surface area (Å²) in [4.78, 5) is 16.3. The lowest BCUT2D eigenvalue weighted by atomic mass is 10.2. The summed E-state index contributed by atoms with van der Waals surface area (Å²) < 4.78 is 10.2. The highest BCUT2D eigenvalue weighted by molar-refractivity contribution is 5.79. The van der Waals surface area contributed by atoms with E-state index in [9.17, 15) is 4.79 Å². The molecule has 0 saturated heterocycles. The van der Waals surface area contributed by atoms with E-state index < -0.39 is 0 Å². The van der Waals surface area contributed by atoms with Crippen LogP contribution in [0.15, 0.2) is 51.5 Å². The van der Waals surface area contributed by atoms with Crippen LogP contribution in [0.3, 0.4) is 0 Å². The van der Waals surface area contributed by atoms with E-state index in [4.69, 9.17) is 4.42 Å². The van der Waals surface area contributed by atoms with Crippen molar-refractivity contribution < 1.29 is 13.8 Å². The number of nitrogens with zero attached hydrogens (tertiary/aromatic N) is 3. The lowest BCUT2D eigenvalue weighted by molar-refractivity contribution is -0.120. The fourth-order valence-electron chi connectivity index (χ4n) is 2.33. The van der Waals surface area contributed by atoms with Gasteiger partial charge in [-0.05, 0) is 40.1 Å². The first-order chi connectivity index (χ1) is 11.3. The van der Waals surface area contributed by atoms with Crippen molar-refractivity contribution in [2.45, 2.75) is 13.0 Å². The van der Waals surface area contributed by atoms with Gasteiger partial charge in [0.05, 0.1) is 0 Å². The fourth-order valence-corrected chi connectivity index (χ4v) is 2.33. The molecule has 2 aromatic heterocycles. The third kappa shape index (κ3) is 2.76. The molecule has 0 spiro atoms. The van der Waals surface area contributed by atoms with Crippen LogP contribution in [0.1, 0.15) is 11.5 Å². The number of hydrogen-bond acceptors (Lipinski definition) is 6. The highest BCUT2D eigenvalue weighted by atomic mass is 16.6. The molecule has 23 heavy (non-hydrogen) atoms. The van der Waals surface area contributed by atoms with Crippen molar-refractivity contribution in [2.75, 3.05) is 0 Å². The molecule has 2 aromatic carbocycles.